The van der Waals surface area contributed by atoms with E-state index < -0.39 is 16.9 Å². The summed E-state index contributed by atoms with van der Waals surface area (Å²) >= 11 is 0. The molecule has 0 aromatic carbocycles. The third-order valence-electron chi connectivity index (χ3n) is 0. The Morgan fingerprint density at radius 1 is 0.923 bits per heavy atom. The van der Waals surface area contributed by atoms with E-state index in [-0.39, 0.29) is 137 Å². The van der Waals surface area contributed by atoms with Gasteiger partial charge in [0.25, 0.3) is 0 Å². The van der Waals surface area contributed by atoms with E-state index in [9.17, 15) is 0 Å². The number of rotatable bonds is 0. The van der Waals surface area contributed by atoms with Crippen molar-refractivity contribution in [3.63, 3.8) is 0 Å². The molecule has 0 aliphatic rings. The van der Waals surface area contributed by atoms with Gasteiger partial charge in [0, 0.05) is 0 Å². The molecule has 0 radical (unpaired) electrons. The molecule has 8 nitrogen and oxygen atoms in total. The van der Waals surface area contributed by atoms with Gasteiger partial charge in [0.05, 0.1) is 0 Å². The van der Waals surface area contributed by atoms with Crippen molar-refractivity contribution in [3.05, 3.63) is 0 Å². The maximum absolute atomic E-state index is 8.88. The van der Waals surface area contributed by atoms with Crippen molar-refractivity contribution in [2.75, 3.05) is 0 Å². The van der Waals surface area contributed by atoms with Crippen molar-refractivity contribution in [1.82, 2.24) is 0 Å². The summed E-state index contributed by atoms with van der Waals surface area (Å²) in [6.45, 7) is 0. The van der Waals surface area contributed by atoms with Crippen molar-refractivity contribution in [1.29, 1.82) is 0 Å². The molecule has 0 spiro atoms. The summed E-state index contributed by atoms with van der Waals surface area (Å²) in [6.07, 6.45) is 0. The second-order valence-corrected chi connectivity index (χ2v) is 3.34. The predicted molar refractivity (Wildman–Crippen MR) is 32.2 cm³/mol. The van der Waals surface area contributed by atoms with E-state index in [1.165, 1.54) is 0 Å². The first-order valence-electron chi connectivity index (χ1n) is 1.68. The van der Waals surface area contributed by atoms with E-state index in [2.05, 4.69) is 0 Å². The summed E-state index contributed by atoms with van der Waals surface area (Å²) < 4.78 is 8.88. The van der Waals surface area contributed by atoms with E-state index in [1.807, 2.05) is 0 Å². The van der Waals surface area contributed by atoms with Crippen LogP contribution in [0.2, 0.25) is 0 Å². The van der Waals surface area contributed by atoms with Crippen molar-refractivity contribution in [2.45, 2.75) is 0 Å². The molecule has 0 unspecified atom stereocenters. The molecular weight excluding hydrogens is 288 g/mol. The van der Waals surface area contributed by atoms with Crippen LogP contribution in [0.4, 0.5) is 0 Å². The van der Waals surface area contributed by atoms with E-state index >= 15 is 0 Å². The first kappa shape index (κ1) is 30.5. The molecule has 0 saturated carbocycles. The minimum Gasteiger partial charge on any atom is -1.00 e. The first-order chi connectivity index (χ1) is 4.00. The summed E-state index contributed by atoms with van der Waals surface area (Å²) in [5, 5.41) is 0. The van der Waals surface area contributed by atoms with Gasteiger partial charge in [-0.05, 0) is 0 Å². The maximum atomic E-state index is 8.88. The van der Waals surface area contributed by atoms with Gasteiger partial charge in [-0.25, -0.2) is 4.57 Å². The Kier molecular flexibility index (Phi) is 34.0. The van der Waals surface area contributed by atoms with E-state index in [0.717, 1.165) is 0 Å². The van der Waals surface area contributed by atoms with Gasteiger partial charge >= 0.3 is 149 Å². The second-order valence-electron chi connectivity index (χ2n) is 1.11. The third-order valence-corrected chi connectivity index (χ3v) is 0. The van der Waals surface area contributed by atoms with Crippen LogP contribution < -0.4 is 132 Å². The van der Waals surface area contributed by atoms with Gasteiger partial charge in [0.2, 0.25) is 0 Å². The van der Waals surface area contributed by atoms with Gasteiger partial charge < -0.3 is 38.1 Å². The van der Waals surface area contributed by atoms with Gasteiger partial charge in [0.1, 0.15) is 0 Å². The zero-order valence-electron chi connectivity index (χ0n) is 10.5. The Labute approximate surface area is 187 Å². The van der Waals surface area contributed by atoms with Crippen molar-refractivity contribution in [3.8, 4) is 0 Å². The molecule has 7 N–H and O–H groups in total. The Balaban J connectivity index is -0.00000000970. The molecule has 0 aliphatic carbocycles. The smallest absolute Gasteiger partial charge is 1.00 e. The monoisotopic (exact) mass is 298 g/mol. The van der Waals surface area contributed by atoms with Crippen molar-refractivity contribution in [2.24, 2.45) is 0 Å². The summed E-state index contributed by atoms with van der Waals surface area (Å²) in [5.74, 6) is 0. The van der Waals surface area contributed by atoms with Crippen LogP contribution in [0.3, 0.4) is 0 Å². The molecule has 0 saturated heterocycles. The molecule has 0 rings (SSSR count). The van der Waals surface area contributed by atoms with E-state index in [1.54, 1.807) is 0 Å². The Hall–Kier alpha value is 4.44. The molecule has 0 aromatic heterocycles. The van der Waals surface area contributed by atoms with Gasteiger partial charge in [0.15, 0.2) is 0 Å². The second kappa shape index (κ2) is 14.5. The Morgan fingerprint density at radius 2 is 0.923 bits per heavy atom. The Bertz CT molecular complexity index is 125. The fraction of sp³-hybridized carbons (Fsp3) is 0. The molecule has 13 heteroatoms. The van der Waals surface area contributed by atoms with Gasteiger partial charge in [-0.15, -0.1) is 0 Å². The fourth-order valence-corrected chi connectivity index (χ4v) is 0. The maximum Gasteiger partial charge on any atom is 1.00 e. The molecule has 0 aromatic rings. The summed E-state index contributed by atoms with van der Waals surface area (Å²) in [4.78, 5) is 50.9. The molecule has 0 heterocycles. The quantitative estimate of drug-likeness (QED) is 0.171. The SMILES string of the molecule is O=P(O)(O)O.O[Si](O)(O)O.[H-].[H-].[H-].[K+].[K+].[Na+]. The van der Waals surface area contributed by atoms with Crippen LogP contribution in [-0.4, -0.2) is 42.9 Å². The summed E-state index contributed by atoms with van der Waals surface area (Å²) in [7, 11) is -9.25. The first-order valence-corrected chi connectivity index (χ1v) is 5.03. The molecule has 0 fully saturated rings. The summed E-state index contributed by atoms with van der Waals surface area (Å²) in [6, 6.07) is 0. The largest absolute Gasteiger partial charge is 1.00 e. The predicted octanol–water partition coefficient (Wildman–Crippen LogP) is -12.2. The van der Waals surface area contributed by atoms with Crippen LogP contribution in [0.25, 0.3) is 0 Å². The van der Waals surface area contributed by atoms with Crippen molar-refractivity contribution < 1.29 is 175 Å². The molecule has 70 valence electrons. The van der Waals surface area contributed by atoms with Crippen LogP contribution in [0, 0.1) is 0 Å². The van der Waals surface area contributed by atoms with Gasteiger partial charge in [-0.3, -0.25) is 0 Å². The van der Waals surface area contributed by atoms with Crippen molar-refractivity contribution >= 4 is 16.9 Å². The molecular formula is H10K2NaO8PSi. The zero-order valence-corrected chi connectivity index (χ0v) is 17.6. The number of hydrogen-bond acceptors (Lipinski definition) is 5. The summed E-state index contributed by atoms with van der Waals surface area (Å²) in [5.41, 5.74) is 0. The van der Waals surface area contributed by atoms with E-state index in [0.29, 0.717) is 0 Å². The number of hydrogen-bond donors (Lipinski definition) is 7. The average Bonchev–Trinajstić information content (AvgIpc) is 1.12. The fourth-order valence-electron chi connectivity index (χ4n) is 0. The van der Waals surface area contributed by atoms with E-state index in [4.69, 9.17) is 38.4 Å². The van der Waals surface area contributed by atoms with Crippen LogP contribution in [0.5, 0.6) is 0 Å². The van der Waals surface area contributed by atoms with Crippen LogP contribution in [0.15, 0.2) is 0 Å². The molecule has 0 amide bonds. The van der Waals surface area contributed by atoms with Crippen LogP contribution >= 0.6 is 7.82 Å². The minimum atomic E-state index is -4.64. The molecule has 0 atom stereocenters. The molecule has 0 aliphatic heterocycles. The number of phosphoric acid groups is 1. The molecule has 13 heavy (non-hydrogen) atoms. The topological polar surface area (TPSA) is 159 Å². The Morgan fingerprint density at radius 3 is 0.923 bits per heavy atom. The zero-order chi connectivity index (χ0) is 9.00. The van der Waals surface area contributed by atoms with Crippen LogP contribution in [0.1, 0.15) is 4.28 Å². The van der Waals surface area contributed by atoms with Gasteiger partial charge in [-0.1, -0.05) is 0 Å². The third kappa shape index (κ3) is 174. The normalized spacial score (nSPS) is 9.15. The van der Waals surface area contributed by atoms with Gasteiger partial charge in [-0.2, -0.15) is 0 Å². The molecule has 0 bridgehead atoms. The standard InChI is InChI=1S/2K.Na.H3O4P.H4O4Si.3H/c;;;2*1-5(2,3)4;;;/h;;;(H3,1,2,3,4);1-4H;;;/q3*+1;;;3*-1. The average molecular weight is 298 g/mol. The minimum absolute atomic E-state index is 0. The van der Waals surface area contributed by atoms with Crippen LogP contribution in [-0.2, 0) is 4.57 Å².